The van der Waals surface area contributed by atoms with Crippen LogP contribution in [0.15, 0.2) is 30.3 Å². The number of piperazine rings is 1. The molecule has 1 atom stereocenters. The summed E-state index contributed by atoms with van der Waals surface area (Å²) in [6, 6.07) is 9.88. The van der Waals surface area contributed by atoms with Crippen molar-refractivity contribution in [2.45, 2.75) is 13.0 Å². The number of benzene rings is 1. The van der Waals surface area contributed by atoms with Gasteiger partial charge in [-0.05, 0) is 5.56 Å². The molecule has 0 radical (unpaired) electrons. The number of hydrogen-bond acceptors (Lipinski definition) is 3. The van der Waals surface area contributed by atoms with E-state index in [0.717, 1.165) is 5.56 Å². The third kappa shape index (κ3) is 3.32. The fourth-order valence-corrected chi connectivity index (χ4v) is 2.54. The highest BCUT2D eigenvalue weighted by atomic mass is 16.2. The molecule has 1 aromatic rings. The zero-order valence-electron chi connectivity index (χ0n) is 11.1. The van der Waals surface area contributed by atoms with Crippen molar-refractivity contribution in [3.8, 4) is 0 Å². The molecular weight excluding hydrogens is 242 g/mol. The third-order valence-corrected chi connectivity index (χ3v) is 3.43. The average molecular weight is 261 g/mol. The molecule has 2 N–H and O–H groups in total. The van der Waals surface area contributed by atoms with E-state index in [1.165, 1.54) is 0 Å². The van der Waals surface area contributed by atoms with Crippen LogP contribution in [0.3, 0.4) is 0 Å². The lowest BCUT2D eigenvalue weighted by molar-refractivity contribution is -0.134. The maximum Gasteiger partial charge on any atom is 0.231 e. The normalized spacial score (nSPS) is 20.3. The summed E-state index contributed by atoms with van der Waals surface area (Å²) in [5, 5.41) is 0. The Morgan fingerprint density at radius 3 is 2.53 bits per heavy atom. The Morgan fingerprint density at radius 2 is 1.95 bits per heavy atom. The van der Waals surface area contributed by atoms with Gasteiger partial charge in [0.25, 0.3) is 0 Å². The monoisotopic (exact) mass is 261 g/mol. The Labute approximate surface area is 113 Å². The predicted molar refractivity (Wildman–Crippen MR) is 72.2 cm³/mol. The maximum atomic E-state index is 11.7. The topological polar surface area (TPSA) is 66.6 Å². The Morgan fingerprint density at radius 1 is 1.26 bits per heavy atom. The second-order valence-electron chi connectivity index (χ2n) is 4.84. The average Bonchev–Trinajstić information content (AvgIpc) is 2.38. The van der Waals surface area contributed by atoms with Crippen LogP contribution < -0.4 is 5.73 Å². The van der Waals surface area contributed by atoms with Crippen LogP contribution in [0.1, 0.15) is 18.5 Å². The van der Waals surface area contributed by atoms with Crippen LogP contribution in [0.5, 0.6) is 0 Å². The minimum absolute atomic E-state index is 0.00759. The van der Waals surface area contributed by atoms with Crippen molar-refractivity contribution >= 4 is 11.8 Å². The summed E-state index contributed by atoms with van der Waals surface area (Å²) in [6.07, 6.45) is 0. The SMILES string of the molecule is CC(=O)N1CCN(CC(N)=O)C[C@@H]1c1ccccc1. The lowest BCUT2D eigenvalue weighted by atomic mass is 10.0. The molecule has 0 spiro atoms. The molecule has 0 bridgehead atoms. The van der Waals surface area contributed by atoms with Crippen molar-refractivity contribution in [1.29, 1.82) is 0 Å². The van der Waals surface area contributed by atoms with E-state index in [1.54, 1.807) is 6.92 Å². The minimum atomic E-state index is -0.330. The molecule has 5 nitrogen and oxygen atoms in total. The number of nitrogens with zero attached hydrogens (tertiary/aromatic N) is 2. The van der Waals surface area contributed by atoms with Crippen molar-refractivity contribution in [1.82, 2.24) is 9.80 Å². The molecule has 1 aromatic carbocycles. The van der Waals surface area contributed by atoms with Crippen LogP contribution in [-0.2, 0) is 9.59 Å². The summed E-state index contributed by atoms with van der Waals surface area (Å²) in [5.41, 5.74) is 6.33. The predicted octanol–water partition coefficient (Wildman–Crippen LogP) is 0.377. The number of rotatable bonds is 3. The number of nitrogens with two attached hydrogens (primary N) is 1. The summed E-state index contributed by atoms with van der Waals surface area (Å²) in [6.45, 7) is 3.79. The molecular formula is C14H19N3O2. The molecule has 1 saturated heterocycles. The summed E-state index contributed by atoms with van der Waals surface area (Å²) >= 11 is 0. The first-order valence-electron chi connectivity index (χ1n) is 6.40. The Kier molecular flexibility index (Phi) is 4.16. The van der Waals surface area contributed by atoms with Gasteiger partial charge in [0.15, 0.2) is 0 Å². The van der Waals surface area contributed by atoms with E-state index in [2.05, 4.69) is 0 Å². The summed E-state index contributed by atoms with van der Waals surface area (Å²) in [7, 11) is 0. The van der Waals surface area contributed by atoms with Gasteiger partial charge < -0.3 is 10.6 Å². The fourth-order valence-electron chi connectivity index (χ4n) is 2.54. The van der Waals surface area contributed by atoms with Crippen LogP contribution in [0.25, 0.3) is 0 Å². The van der Waals surface area contributed by atoms with Gasteiger partial charge in [0.1, 0.15) is 0 Å². The van der Waals surface area contributed by atoms with Crippen LogP contribution in [-0.4, -0.2) is 47.8 Å². The Hall–Kier alpha value is -1.88. The highest BCUT2D eigenvalue weighted by Crippen LogP contribution is 2.25. The number of amides is 2. The molecule has 1 fully saturated rings. The van der Waals surface area contributed by atoms with Crippen molar-refractivity contribution in [3.05, 3.63) is 35.9 Å². The van der Waals surface area contributed by atoms with E-state index in [9.17, 15) is 9.59 Å². The van der Waals surface area contributed by atoms with Crippen molar-refractivity contribution in [2.24, 2.45) is 5.73 Å². The van der Waals surface area contributed by atoms with Gasteiger partial charge in [-0.15, -0.1) is 0 Å². The molecule has 0 aliphatic carbocycles. The van der Waals surface area contributed by atoms with Crippen LogP contribution in [0, 0.1) is 0 Å². The van der Waals surface area contributed by atoms with Crippen LogP contribution >= 0.6 is 0 Å². The van der Waals surface area contributed by atoms with Crippen LogP contribution in [0.2, 0.25) is 0 Å². The smallest absolute Gasteiger partial charge is 0.231 e. The molecule has 102 valence electrons. The number of carbonyl (C=O) groups excluding carboxylic acids is 2. The van der Waals surface area contributed by atoms with Crippen LogP contribution in [0.4, 0.5) is 0 Å². The number of primary amides is 1. The molecule has 2 rings (SSSR count). The van der Waals surface area contributed by atoms with E-state index >= 15 is 0 Å². The van der Waals surface area contributed by atoms with E-state index in [0.29, 0.717) is 19.6 Å². The van der Waals surface area contributed by atoms with Crippen molar-refractivity contribution in [3.63, 3.8) is 0 Å². The Balaban J connectivity index is 2.18. The standard InChI is InChI=1S/C14H19N3O2/c1-11(18)17-8-7-16(10-14(15)19)9-13(17)12-5-3-2-4-6-12/h2-6,13H,7-10H2,1H3,(H2,15,19)/t13-/m1/s1. The molecule has 0 unspecified atom stereocenters. The molecule has 5 heteroatoms. The highest BCUT2D eigenvalue weighted by Gasteiger charge is 2.30. The van der Waals surface area contributed by atoms with Gasteiger partial charge in [0.05, 0.1) is 12.6 Å². The quantitative estimate of drug-likeness (QED) is 0.855. The number of carbonyl (C=O) groups is 2. The Bertz CT molecular complexity index is 461. The molecule has 1 heterocycles. The zero-order chi connectivity index (χ0) is 13.8. The first-order valence-corrected chi connectivity index (χ1v) is 6.40. The van der Waals surface area contributed by atoms with E-state index in [-0.39, 0.29) is 24.4 Å². The molecule has 1 aliphatic heterocycles. The molecule has 19 heavy (non-hydrogen) atoms. The third-order valence-electron chi connectivity index (χ3n) is 3.43. The van der Waals surface area contributed by atoms with Gasteiger partial charge in [-0.2, -0.15) is 0 Å². The second kappa shape index (κ2) is 5.84. The zero-order valence-corrected chi connectivity index (χ0v) is 11.1. The van der Waals surface area contributed by atoms with Gasteiger partial charge in [-0.3, -0.25) is 14.5 Å². The lowest BCUT2D eigenvalue weighted by Crippen LogP contribution is -2.51. The molecule has 0 saturated carbocycles. The van der Waals surface area contributed by atoms with E-state index in [1.807, 2.05) is 40.1 Å². The van der Waals surface area contributed by atoms with Gasteiger partial charge in [-0.25, -0.2) is 0 Å². The van der Waals surface area contributed by atoms with Gasteiger partial charge in [0.2, 0.25) is 11.8 Å². The molecule has 1 aliphatic rings. The largest absolute Gasteiger partial charge is 0.369 e. The molecule has 2 amide bonds. The minimum Gasteiger partial charge on any atom is -0.369 e. The van der Waals surface area contributed by atoms with E-state index < -0.39 is 0 Å². The summed E-state index contributed by atoms with van der Waals surface area (Å²) < 4.78 is 0. The van der Waals surface area contributed by atoms with Gasteiger partial charge >= 0.3 is 0 Å². The van der Waals surface area contributed by atoms with E-state index in [4.69, 9.17) is 5.73 Å². The second-order valence-corrected chi connectivity index (χ2v) is 4.84. The first-order chi connectivity index (χ1) is 9.08. The van der Waals surface area contributed by atoms with Crippen molar-refractivity contribution in [2.75, 3.05) is 26.2 Å². The first kappa shape index (κ1) is 13.5. The lowest BCUT2D eigenvalue weighted by Gasteiger charge is -2.40. The maximum absolute atomic E-state index is 11.7. The molecule has 0 aromatic heterocycles. The summed E-state index contributed by atoms with van der Waals surface area (Å²) in [4.78, 5) is 26.6. The highest BCUT2D eigenvalue weighted by molar-refractivity contribution is 5.76. The van der Waals surface area contributed by atoms with Crippen molar-refractivity contribution < 1.29 is 9.59 Å². The fraction of sp³-hybridized carbons (Fsp3) is 0.429. The van der Waals surface area contributed by atoms with Gasteiger partial charge in [-0.1, -0.05) is 30.3 Å². The summed E-state index contributed by atoms with van der Waals surface area (Å²) in [5.74, 6) is -0.268. The van der Waals surface area contributed by atoms with Gasteiger partial charge in [0, 0.05) is 26.6 Å². The number of hydrogen-bond donors (Lipinski definition) is 1.